The fourth-order valence-electron chi connectivity index (χ4n) is 5.56. The number of fused-ring (bicyclic) bond motifs is 1. The molecule has 1 unspecified atom stereocenters. The van der Waals surface area contributed by atoms with E-state index in [1.807, 2.05) is 4.90 Å². The minimum Gasteiger partial charge on any atom is -0.491 e. The number of halogens is 1. The summed E-state index contributed by atoms with van der Waals surface area (Å²) in [6.45, 7) is 10.5. The second kappa shape index (κ2) is 11.4. The number of hydrogen-bond acceptors (Lipinski definition) is 5. The highest BCUT2D eigenvalue weighted by molar-refractivity contribution is 5.84. The van der Waals surface area contributed by atoms with Crippen LogP contribution in [0.3, 0.4) is 0 Å². The molecule has 2 aromatic carbocycles. The van der Waals surface area contributed by atoms with Gasteiger partial charge in [0, 0.05) is 69.0 Å². The van der Waals surface area contributed by atoms with Crippen molar-refractivity contribution in [2.24, 2.45) is 0 Å². The van der Waals surface area contributed by atoms with Crippen molar-refractivity contribution in [3.8, 4) is 5.75 Å². The van der Waals surface area contributed by atoms with E-state index in [0.29, 0.717) is 24.9 Å². The molecule has 204 valence electrons. The molecule has 38 heavy (non-hydrogen) atoms. The number of piperazine rings is 1. The molecule has 0 aliphatic carbocycles. The molecule has 0 saturated carbocycles. The molecular weight excluding hydrogens is 483 g/mol. The first-order valence-electron chi connectivity index (χ1n) is 13.6. The van der Waals surface area contributed by atoms with Gasteiger partial charge in [0.05, 0.1) is 13.0 Å². The minimum absolute atomic E-state index is 0.0964. The average molecular weight is 523 g/mol. The maximum atomic E-state index is 13.5. The van der Waals surface area contributed by atoms with Crippen LogP contribution in [0.25, 0.3) is 10.9 Å². The predicted molar refractivity (Wildman–Crippen MR) is 147 cm³/mol. The monoisotopic (exact) mass is 522 g/mol. The zero-order chi connectivity index (χ0) is 26.7. The van der Waals surface area contributed by atoms with Crippen LogP contribution in [0.2, 0.25) is 0 Å². The molecule has 3 heterocycles. The third kappa shape index (κ3) is 6.03. The van der Waals surface area contributed by atoms with Crippen molar-refractivity contribution in [1.82, 2.24) is 19.3 Å². The Labute approximate surface area is 224 Å². The number of hydrogen-bond donors (Lipinski definition) is 0. The van der Waals surface area contributed by atoms with Gasteiger partial charge in [-0.25, -0.2) is 4.39 Å². The van der Waals surface area contributed by atoms with E-state index in [1.165, 1.54) is 28.6 Å². The largest absolute Gasteiger partial charge is 0.491 e. The van der Waals surface area contributed by atoms with Crippen molar-refractivity contribution in [3.63, 3.8) is 0 Å². The summed E-state index contributed by atoms with van der Waals surface area (Å²) in [4.78, 5) is 20.0. The van der Waals surface area contributed by atoms with Crippen molar-refractivity contribution in [3.05, 3.63) is 66.1 Å². The van der Waals surface area contributed by atoms with E-state index in [2.05, 4.69) is 65.7 Å². The highest BCUT2D eigenvalue weighted by atomic mass is 19.1. The van der Waals surface area contributed by atoms with Gasteiger partial charge >= 0.3 is 0 Å². The maximum Gasteiger partial charge on any atom is 0.225 e. The number of amides is 1. The third-order valence-corrected chi connectivity index (χ3v) is 7.75. The molecule has 7 nitrogen and oxygen atoms in total. The Morgan fingerprint density at radius 1 is 1.05 bits per heavy atom. The van der Waals surface area contributed by atoms with Gasteiger partial charge in [0.1, 0.15) is 23.8 Å². The highest BCUT2D eigenvalue weighted by Gasteiger charge is 2.41. The molecule has 2 aliphatic rings. The van der Waals surface area contributed by atoms with Crippen LogP contribution in [-0.2, 0) is 16.1 Å². The molecule has 1 aromatic heterocycles. The van der Waals surface area contributed by atoms with Crippen LogP contribution < -0.4 is 4.74 Å². The molecule has 1 atom stereocenters. The lowest BCUT2D eigenvalue weighted by Crippen LogP contribution is -2.58. The molecule has 2 fully saturated rings. The molecule has 0 spiro atoms. The highest BCUT2D eigenvalue weighted by Crippen LogP contribution is 2.30. The van der Waals surface area contributed by atoms with Crippen molar-refractivity contribution in [2.45, 2.75) is 38.5 Å². The Balaban J connectivity index is 1.36. The lowest BCUT2D eigenvalue weighted by Gasteiger charge is -2.43. The van der Waals surface area contributed by atoms with Crippen molar-refractivity contribution in [2.75, 3.05) is 59.5 Å². The fraction of sp³-hybridized carbons (Fsp3) is 0.500. The van der Waals surface area contributed by atoms with Gasteiger partial charge in [-0.15, -0.1) is 0 Å². The van der Waals surface area contributed by atoms with Crippen LogP contribution in [0, 0.1) is 5.82 Å². The van der Waals surface area contributed by atoms with Gasteiger partial charge in [-0.05, 0) is 56.8 Å². The zero-order valence-corrected chi connectivity index (χ0v) is 22.7. The Hall–Kier alpha value is -2.94. The van der Waals surface area contributed by atoms with Gasteiger partial charge < -0.3 is 23.8 Å². The first kappa shape index (κ1) is 26.7. The summed E-state index contributed by atoms with van der Waals surface area (Å²) in [7, 11) is 2.08. The van der Waals surface area contributed by atoms with Crippen LogP contribution >= 0.6 is 0 Å². The quantitative estimate of drug-likeness (QED) is 0.445. The topological polar surface area (TPSA) is 50.2 Å². The number of rotatable bonds is 8. The van der Waals surface area contributed by atoms with Gasteiger partial charge in [0.25, 0.3) is 0 Å². The summed E-state index contributed by atoms with van der Waals surface area (Å²) < 4.78 is 28.3. The molecule has 8 heteroatoms. The molecule has 0 bridgehead atoms. The third-order valence-electron chi connectivity index (χ3n) is 7.75. The van der Waals surface area contributed by atoms with E-state index < -0.39 is 5.60 Å². The van der Waals surface area contributed by atoms with Gasteiger partial charge in [0.2, 0.25) is 5.91 Å². The van der Waals surface area contributed by atoms with Gasteiger partial charge in [-0.2, -0.15) is 0 Å². The number of morpholine rings is 1. The number of carbonyl (C=O) groups excluding carboxylic acids is 1. The van der Waals surface area contributed by atoms with E-state index in [1.54, 1.807) is 12.1 Å². The molecular formula is C30H39FN4O3. The predicted octanol–water partition coefficient (Wildman–Crippen LogP) is 4.18. The molecule has 5 rings (SSSR count). The molecule has 2 aliphatic heterocycles. The number of nitrogens with zero attached hydrogens (tertiary/aromatic N) is 4. The van der Waals surface area contributed by atoms with Crippen LogP contribution in [0.1, 0.15) is 31.9 Å². The lowest BCUT2D eigenvalue weighted by molar-refractivity contribution is -0.157. The minimum atomic E-state index is -0.788. The molecule has 3 aromatic rings. The van der Waals surface area contributed by atoms with Crippen molar-refractivity contribution < 1.29 is 18.7 Å². The number of carbonyl (C=O) groups is 1. The second-order valence-corrected chi connectivity index (χ2v) is 11.0. The van der Waals surface area contributed by atoms with Crippen LogP contribution in [0.4, 0.5) is 4.39 Å². The van der Waals surface area contributed by atoms with Crippen LogP contribution in [0.15, 0.2) is 54.7 Å². The fourth-order valence-corrected chi connectivity index (χ4v) is 5.56. The normalized spacial score (nSPS) is 21.3. The Bertz CT molecular complexity index is 1240. The molecule has 0 N–H and O–H groups in total. The van der Waals surface area contributed by atoms with Gasteiger partial charge in [-0.1, -0.05) is 18.2 Å². The van der Waals surface area contributed by atoms with Crippen LogP contribution in [0.5, 0.6) is 5.75 Å². The number of aromatic nitrogens is 1. The summed E-state index contributed by atoms with van der Waals surface area (Å²) in [5.74, 6) is 0.357. The summed E-state index contributed by atoms with van der Waals surface area (Å²) in [6, 6.07) is 14.9. The molecule has 0 radical (unpaired) electrons. The standard InChI is InChI=1S/C30H39FN4O3/c1-23(2)35-20-24(27-6-4-5-7-28(27)35)19-33-16-17-38-30(21-33,22-37-26-10-8-25(31)9-11-26)18-29(36)34-14-12-32(3)13-15-34/h4-11,20,23H,12-19,21-22H2,1-3H3. The van der Waals surface area contributed by atoms with Gasteiger partial charge in [0.15, 0.2) is 0 Å². The second-order valence-electron chi connectivity index (χ2n) is 11.0. The number of para-hydroxylation sites is 1. The first-order valence-corrected chi connectivity index (χ1v) is 13.6. The number of likely N-dealkylation sites (N-methyl/N-ethyl adjacent to an activating group) is 1. The van der Waals surface area contributed by atoms with E-state index in [9.17, 15) is 9.18 Å². The van der Waals surface area contributed by atoms with E-state index in [-0.39, 0.29) is 24.8 Å². The summed E-state index contributed by atoms with van der Waals surface area (Å²) in [5.41, 5.74) is 1.72. The Morgan fingerprint density at radius 2 is 1.79 bits per heavy atom. The van der Waals surface area contributed by atoms with E-state index in [0.717, 1.165) is 39.3 Å². The van der Waals surface area contributed by atoms with E-state index >= 15 is 0 Å². The lowest BCUT2D eigenvalue weighted by atomic mass is 9.96. The van der Waals surface area contributed by atoms with Crippen molar-refractivity contribution in [1.29, 1.82) is 0 Å². The Morgan fingerprint density at radius 3 is 2.53 bits per heavy atom. The summed E-state index contributed by atoms with van der Waals surface area (Å²) in [6.07, 6.45) is 2.51. The zero-order valence-electron chi connectivity index (χ0n) is 22.7. The van der Waals surface area contributed by atoms with Gasteiger partial charge in [-0.3, -0.25) is 9.69 Å². The van der Waals surface area contributed by atoms with Crippen LogP contribution in [-0.4, -0.2) is 90.3 Å². The Kier molecular flexibility index (Phi) is 8.02. The average Bonchev–Trinajstić information content (AvgIpc) is 3.28. The molecule has 1 amide bonds. The first-order chi connectivity index (χ1) is 18.3. The van der Waals surface area contributed by atoms with Crippen molar-refractivity contribution >= 4 is 16.8 Å². The maximum absolute atomic E-state index is 13.5. The SMILES string of the molecule is CC(C)n1cc(CN2CCOC(COc3ccc(F)cc3)(CC(=O)N3CCN(C)CC3)C2)c2ccccc21. The number of benzene rings is 2. The summed E-state index contributed by atoms with van der Waals surface area (Å²) in [5, 5.41) is 1.26. The molecule has 2 saturated heterocycles. The van der Waals surface area contributed by atoms with E-state index in [4.69, 9.17) is 9.47 Å². The summed E-state index contributed by atoms with van der Waals surface area (Å²) >= 11 is 0. The number of ether oxygens (including phenoxy) is 2. The smallest absolute Gasteiger partial charge is 0.225 e.